The van der Waals surface area contributed by atoms with Crippen molar-refractivity contribution in [3.8, 4) is 5.75 Å². The summed E-state index contributed by atoms with van der Waals surface area (Å²) >= 11 is 0. The lowest BCUT2D eigenvalue weighted by molar-refractivity contribution is -0.129. The van der Waals surface area contributed by atoms with Crippen LogP contribution in [0, 0.1) is 11.3 Å². The number of hydrogen-bond donors (Lipinski definition) is 1. The summed E-state index contributed by atoms with van der Waals surface area (Å²) in [7, 11) is 1.66. The molecule has 1 aromatic rings. The highest BCUT2D eigenvalue weighted by molar-refractivity contribution is 5.81. The van der Waals surface area contributed by atoms with Gasteiger partial charge < -0.3 is 9.64 Å². The van der Waals surface area contributed by atoms with Gasteiger partial charge in [-0.05, 0) is 29.0 Å². The van der Waals surface area contributed by atoms with Gasteiger partial charge in [-0.1, -0.05) is 39.8 Å². The van der Waals surface area contributed by atoms with E-state index in [0.717, 1.165) is 17.9 Å². The zero-order chi connectivity index (χ0) is 15.6. The minimum absolute atomic E-state index is 0.0341. The zero-order valence-corrected chi connectivity index (χ0v) is 13.6. The molecule has 4 heteroatoms. The topological polar surface area (TPSA) is 41.6 Å². The maximum atomic E-state index is 12.2. The van der Waals surface area contributed by atoms with Crippen LogP contribution in [0.2, 0.25) is 0 Å². The fourth-order valence-corrected chi connectivity index (χ4v) is 2.40. The molecular weight excluding hydrogens is 264 g/mol. The first-order valence-corrected chi connectivity index (χ1v) is 7.49. The molecule has 1 N–H and O–H groups in total. The van der Waals surface area contributed by atoms with Crippen LogP contribution in [0.1, 0.15) is 39.4 Å². The van der Waals surface area contributed by atoms with Gasteiger partial charge in [0, 0.05) is 6.54 Å². The lowest BCUT2D eigenvalue weighted by atomic mass is 9.81. The molecule has 1 saturated heterocycles. The third-order valence-electron chi connectivity index (χ3n) is 4.46. The Morgan fingerprint density at radius 2 is 1.95 bits per heavy atom. The summed E-state index contributed by atoms with van der Waals surface area (Å²) in [6.07, 6.45) is -0.0341. The highest BCUT2D eigenvalue weighted by atomic mass is 16.5. The molecule has 0 aliphatic carbocycles. The monoisotopic (exact) mass is 290 g/mol. The van der Waals surface area contributed by atoms with Crippen LogP contribution in [0.15, 0.2) is 24.3 Å². The van der Waals surface area contributed by atoms with Crippen molar-refractivity contribution in [2.45, 2.75) is 33.9 Å². The van der Waals surface area contributed by atoms with Crippen molar-refractivity contribution in [3.05, 3.63) is 29.8 Å². The van der Waals surface area contributed by atoms with Gasteiger partial charge in [-0.2, -0.15) is 0 Å². The van der Waals surface area contributed by atoms with E-state index in [1.54, 1.807) is 7.11 Å². The molecule has 0 radical (unpaired) electrons. The first kappa shape index (κ1) is 15.8. The highest BCUT2D eigenvalue weighted by Gasteiger charge is 2.34. The van der Waals surface area contributed by atoms with Crippen molar-refractivity contribution in [1.29, 1.82) is 0 Å². The Morgan fingerprint density at radius 3 is 2.48 bits per heavy atom. The van der Waals surface area contributed by atoms with Gasteiger partial charge in [0.05, 0.1) is 13.7 Å². The normalized spacial score (nSPS) is 20.7. The number of ether oxygens (including phenoxy) is 1. The number of methoxy groups -OCH3 is 1. The second kappa shape index (κ2) is 6.06. The summed E-state index contributed by atoms with van der Waals surface area (Å²) < 4.78 is 5.19. The van der Waals surface area contributed by atoms with E-state index in [1.807, 2.05) is 29.2 Å². The Hall–Kier alpha value is -1.55. The van der Waals surface area contributed by atoms with Crippen molar-refractivity contribution < 1.29 is 9.53 Å². The molecule has 1 aliphatic heterocycles. The maximum Gasteiger partial charge on any atom is 0.238 e. The van der Waals surface area contributed by atoms with Gasteiger partial charge in [-0.3, -0.25) is 10.1 Å². The Labute approximate surface area is 127 Å². The fraction of sp³-hybridized carbons (Fsp3) is 0.588. The SMILES string of the molecule is COc1ccc(C2NCC(=O)N2CC(C)C(C)(C)C)cc1. The van der Waals surface area contributed by atoms with Crippen LogP contribution < -0.4 is 10.1 Å². The quantitative estimate of drug-likeness (QED) is 0.927. The van der Waals surface area contributed by atoms with E-state index in [2.05, 4.69) is 33.0 Å². The van der Waals surface area contributed by atoms with E-state index in [9.17, 15) is 4.79 Å². The van der Waals surface area contributed by atoms with Crippen LogP contribution in [0.4, 0.5) is 0 Å². The van der Waals surface area contributed by atoms with Crippen molar-refractivity contribution >= 4 is 5.91 Å². The number of benzene rings is 1. The molecular formula is C17H26N2O2. The first-order chi connectivity index (χ1) is 9.82. The Balaban J connectivity index is 2.16. The fourth-order valence-electron chi connectivity index (χ4n) is 2.40. The van der Waals surface area contributed by atoms with E-state index in [1.165, 1.54) is 0 Å². The number of hydrogen-bond acceptors (Lipinski definition) is 3. The number of nitrogens with zero attached hydrogens (tertiary/aromatic N) is 1. The molecule has 4 nitrogen and oxygen atoms in total. The lowest BCUT2D eigenvalue weighted by Crippen LogP contribution is -2.37. The first-order valence-electron chi connectivity index (χ1n) is 7.49. The molecule has 2 atom stereocenters. The van der Waals surface area contributed by atoms with Crippen LogP contribution in [-0.4, -0.2) is 31.0 Å². The van der Waals surface area contributed by atoms with Crippen LogP contribution in [-0.2, 0) is 4.79 Å². The lowest BCUT2D eigenvalue weighted by Gasteiger charge is -2.34. The number of amides is 1. The molecule has 1 amide bonds. The predicted octanol–water partition coefficient (Wildman–Crippen LogP) is 2.81. The van der Waals surface area contributed by atoms with Gasteiger partial charge in [0.15, 0.2) is 0 Å². The second-order valence-electron chi connectivity index (χ2n) is 6.87. The van der Waals surface area contributed by atoms with E-state index in [0.29, 0.717) is 12.5 Å². The summed E-state index contributed by atoms with van der Waals surface area (Å²) in [5, 5.41) is 3.30. The number of carbonyl (C=O) groups excluding carboxylic acids is 1. The average molecular weight is 290 g/mol. The van der Waals surface area contributed by atoms with Crippen molar-refractivity contribution in [1.82, 2.24) is 10.2 Å². The van der Waals surface area contributed by atoms with Crippen molar-refractivity contribution in [3.63, 3.8) is 0 Å². The van der Waals surface area contributed by atoms with Gasteiger partial charge in [0.1, 0.15) is 11.9 Å². The minimum Gasteiger partial charge on any atom is -0.497 e. The molecule has 1 fully saturated rings. The summed E-state index contributed by atoms with van der Waals surface area (Å²) in [6, 6.07) is 7.91. The summed E-state index contributed by atoms with van der Waals surface area (Å²) in [6.45, 7) is 10.0. The number of carbonyl (C=O) groups is 1. The molecule has 1 aromatic carbocycles. The highest BCUT2D eigenvalue weighted by Crippen LogP contribution is 2.31. The van der Waals surface area contributed by atoms with Gasteiger partial charge in [-0.25, -0.2) is 0 Å². The maximum absolute atomic E-state index is 12.2. The Bertz CT molecular complexity index is 491. The predicted molar refractivity (Wildman–Crippen MR) is 84.1 cm³/mol. The molecule has 1 aliphatic rings. The third-order valence-corrected chi connectivity index (χ3v) is 4.46. The molecule has 0 bridgehead atoms. The van der Waals surface area contributed by atoms with E-state index < -0.39 is 0 Å². The van der Waals surface area contributed by atoms with Crippen LogP contribution in [0.25, 0.3) is 0 Å². The molecule has 0 saturated carbocycles. The molecule has 1 heterocycles. The van der Waals surface area contributed by atoms with Gasteiger partial charge in [-0.15, -0.1) is 0 Å². The molecule has 2 rings (SSSR count). The van der Waals surface area contributed by atoms with E-state index in [-0.39, 0.29) is 17.5 Å². The van der Waals surface area contributed by atoms with Gasteiger partial charge in [0.25, 0.3) is 0 Å². The molecule has 0 spiro atoms. The average Bonchev–Trinajstić information content (AvgIpc) is 2.79. The summed E-state index contributed by atoms with van der Waals surface area (Å²) in [5.74, 6) is 1.44. The van der Waals surface area contributed by atoms with Crippen LogP contribution in [0.3, 0.4) is 0 Å². The van der Waals surface area contributed by atoms with Crippen molar-refractivity contribution in [2.24, 2.45) is 11.3 Å². The molecule has 2 unspecified atom stereocenters. The zero-order valence-electron chi connectivity index (χ0n) is 13.6. The van der Waals surface area contributed by atoms with E-state index >= 15 is 0 Å². The largest absolute Gasteiger partial charge is 0.497 e. The third kappa shape index (κ3) is 3.56. The Kier molecular flexibility index (Phi) is 4.57. The standard InChI is InChI=1S/C17H26N2O2/c1-12(17(2,3)4)11-19-15(20)10-18-16(19)13-6-8-14(21-5)9-7-13/h6-9,12,16,18H,10-11H2,1-5H3. The number of rotatable bonds is 4. The molecule has 21 heavy (non-hydrogen) atoms. The Morgan fingerprint density at radius 1 is 1.33 bits per heavy atom. The van der Waals surface area contributed by atoms with Crippen LogP contribution in [0.5, 0.6) is 5.75 Å². The molecule has 0 aromatic heterocycles. The number of nitrogens with one attached hydrogen (secondary N) is 1. The molecule has 116 valence electrons. The smallest absolute Gasteiger partial charge is 0.238 e. The second-order valence-corrected chi connectivity index (χ2v) is 6.87. The summed E-state index contributed by atoms with van der Waals surface area (Å²) in [4.78, 5) is 14.1. The van der Waals surface area contributed by atoms with Gasteiger partial charge >= 0.3 is 0 Å². The van der Waals surface area contributed by atoms with E-state index in [4.69, 9.17) is 4.74 Å². The van der Waals surface area contributed by atoms with Crippen LogP contribution >= 0.6 is 0 Å². The van der Waals surface area contributed by atoms with Crippen molar-refractivity contribution in [2.75, 3.05) is 20.2 Å². The summed E-state index contributed by atoms with van der Waals surface area (Å²) in [5.41, 5.74) is 1.29. The minimum atomic E-state index is -0.0341. The van der Waals surface area contributed by atoms with Gasteiger partial charge in [0.2, 0.25) is 5.91 Å².